The molecule has 1 amide bonds. The van der Waals surface area contributed by atoms with Crippen LogP contribution in [0.4, 0.5) is 0 Å². The summed E-state index contributed by atoms with van der Waals surface area (Å²) in [5.41, 5.74) is 3.79. The fourth-order valence-corrected chi connectivity index (χ4v) is 1.81. The number of carbonyl (C=O) groups is 1. The molecule has 0 atom stereocenters. The van der Waals surface area contributed by atoms with Crippen LogP contribution in [0.15, 0.2) is 33.9 Å². The zero-order chi connectivity index (χ0) is 13.2. The zero-order valence-corrected chi connectivity index (χ0v) is 10.5. The third-order valence-corrected chi connectivity index (χ3v) is 2.93. The minimum atomic E-state index is -0.110. The number of hydrogen-bond donors (Lipinski definition) is 1. The van der Waals surface area contributed by atoms with Gasteiger partial charge in [0, 0.05) is 23.4 Å². The predicted molar refractivity (Wildman–Crippen MR) is 68.7 cm³/mol. The van der Waals surface area contributed by atoms with Gasteiger partial charge in [0.2, 0.25) is 11.7 Å². The lowest BCUT2D eigenvalue weighted by atomic mass is 10.2. The molecule has 2 heterocycles. The van der Waals surface area contributed by atoms with Gasteiger partial charge in [0.1, 0.15) is 5.71 Å². The van der Waals surface area contributed by atoms with Gasteiger partial charge < -0.3 is 4.52 Å². The van der Waals surface area contributed by atoms with Crippen LogP contribution in [0.5, 0.6) is 0 Å². The molecule has 0 bridgehead atoms. The summed E-state index contributed by atoms with van der Waals surface area (Å²) in [6.45, 7) is 0. The fraction of sp³-hybridized carbons (Fsp3) is 0.167. The van der Waals surface area contributed by atoms with Crippen LogP contribution >= 0.6 is 11.6 Å². The van der Waals surface area contributed by atoms with E-state index < -0.39 is 0 Å². The second-order valence-corrected chi connectivity index (χ2v) is 4.46. The number of carbonyl (C=O) groups excluding carboxylic acids is 1. The Morgan fingerprint density at radius 3 is 2.68 bits per heavy atom. The van der Waals surface area contributed by atoms with E-state index in [1.54, 1.807) is 24.3 Å². The highest BCUT2D eigenvalue weighted by Gasteiger charge is 2.19. The van der Waals surface area contributed by atoms with Gasteiger partial charge in [0.05, 0.1) is 0 Å². The highest BCUT2D eigenvalue weighted by atomic mass is 35.5. The summed E-state index contributed by atoms with van der Waals surface area (Å²) in [5, 5.41) is 8.43. The van der Waals surface area contributed by atoms with Gasteiger partial charge >= 0.3 is 0 Å². The Balaban J connectivity index is 1.87. The molecule has 2 aromatic rings. The number of nitrogens with zero attached hydrogens (tertiary/aromatic N) is 3. The first-order valence-corrected chi connectivity index (χ1v) is 6.05. The Kier molecular flexibility index (Phi) is 3.00. The van der Waals surface area contributed by atoms with E-state index in [1.807, 2.05) is 0 Å². The minimum Gasteiger partial charge on any atom is -0.332 e. The predicted octanol–water partition coefficient (Wildman–Crippen LogP) is 2.00. The summed E-state index contributed by atoms with van der Waals surface area (Å²) in [5.74, 6) is 0.678. The maximum absolute atomic E-state index is 11.0. The van der Waals surface area contributed by atoms with E-state index in [-0.39, 0.29) is 5.91 Å². The van der Waals surface area contributed by atoms with Gasteiger partial charge in [-0.05, 0) is 24.3 Å². The summed E-state index contributed by atoms with van der Waals surface area (Å²) in [6.07, 6.45) is 0.867. The van der Waals surface area contributed by atoms with Crippen LogP contribution in [0.3, 0.4) is 0 Å². The van der Waals surface area contributed by atoms with E-state index in [2.05, 4.69) is 20.7 Å². The van der Waals surface area contributed by atoms with Crippen molar-refractivity contribution in [1.29, 1.82) is 0 Å². The average Bonchev–Trinajstić information content (AvgIpc) is 2.90. The van der Waals surface area contributed by atoms with Crippen molar-refractivity contribution in [3.8, 4) is 11.4 Å². The van der Waals surface area contributed by atoms with Crippen molar-refractivity contribution in [3.05, 3.63) is 35.2 Å². The summed E-state index contributed by atoms with van der Waals surface area (Å²) >= 11 is 5.82. The van der Waals surface area contributed by atoms with Gasteiger partial charge in [-0.1, -0.05) is 16.8 Å². The lowest BCUT2D eigenvalue weighted by molar-refractivity contribution is -0.121. The first-order chi connectivity index (χ1) is 9.22. The van der Waals surface area contributed by atoms with E-state index in [4.69, 9.17) is 16.1 Å². The van der Waals surface area contributed by atoms with Crippen LogP contribution in [0.1, 0.15) is 18.7 Å². The Morgan fingerprint density at radius 1 is 1.21 bits per heavy atom. The van der Waals surface area contributed by atoms with Crippen molar-refractivity contribution >= 4 is 23.2 Å². The van der Waals surface area contributed by atoms with Gasteiger partial charge in [0.25, 0.3) is 5.89 Å². The first-order valence-electron chi connectivity index (χ1n) is 5.68. The summed E-state index contributed by atoms with van der Waals surface area (Å²) in [7, 11) is 0. The molecule has 7 heteroatoms. The van der Waals surface area contributed by atoms with Crippen LogP contribution in [0.25, 0.3) is 11.4 Å². The number of hydrazone groups is 1. The van der Waals surface area contributed by atoms with Crippen molar-refractivity contribution in [2.45, 2.75) is 12.8 Å². The molecule has 0 saturated heterocycles. The number of aromatic nitrogens is 2. The maximum atomic E-state index is 11.0. The van der Waals surface area contributed by atoms with Crippen molar-refractivity contribution < 1.29 is 9.32 Å². The van der Waals surface area contributed by atoms with E-state index in [1.165, 1.54) is 0 Å². The van der Waals surface area contributed by atoms with Crippen molar-refractivity contribution in [1.82, 2.24) is 15.6 Å². The third kappa shape index (κ3) is 2.48. The number of nitrogens with one attached hydrogen (secondary N) is 1. The standard InChI is InChI=1S/C12H9ClN4O2/c13-8-3-1-7(2-4-8)11-14-12(19-17-11)9-5-6-10(18)16-15-9/h1-4H,5-6H2,(H,16,18). The number of hydrogen-bond acceptors (Lipinski definition) is 5. The Bertz CT molecular complexity index is 648. The molecule has 0 fully saturated rings. The van der Waals surface area contributed by atoms with Gasteiger partial charge in [-0.15, -0.1) is 0 Å². The molecule has 1 aromatic heterocycles. The van der Waals surface area contributed by atoms with E-state index >= 15 is 0 Å². The lowest BCUT2D eigenvalue weighted by Crippen LogP contribution is -2.26. The molecule has 19 heavy (non-hydrogen) atoms. The zero-order valence-electron chi connectivity index (χ0n) is 9.76. The maximum Gasteiger partial charge on any atom is 0.274 e. The highest BCUT2D eigenvalue weighted by Crippen LogP contribution is 2.19. The normalized spacial score (nSPS) is 15.0. The van der Waals surface area contributed by atoms with Gasteiger partial charge in [-0.3, -0.25) is 4.79 Å². The van der Waals surface area contributed by atoms with Gasteiger partial charge in [0.15, 0.2) is 0 Å². The molecule has 1 aliphatic heterocycles. The molecule has 0 saturated carbocycles. The smallest absolute Gasteiger partial charge is 0.274 e. The Morgan fingerprint density at radius 2 is 2.00 bits per heavy atom. The number of rotatable bonds is 2. The monoisotopic (exact) mass is 276 g/mol. The number of benzene rings is 1. The second-order valence-electron chi connectivity index (χ2n) is 4.02. The van der Waals surface area contributed by atoms with E-state index in [0.29, 0.717) is 35.3 Å². The third-order valence-electron chi connectivity index (χ3n) is 2.68. The average molecular weight is 277 g/mol. The highest BCUT2D eigenvalue weighted by molar-refractivity contribution is 6.30. The van der Waals surface area contributed by atoms with E-state index in [9.17, 15) is 4.79 Å². The summed E-state index contributed by atoms with van der Waals surface area (Å²) in [6, 6.07) is 7.12. The number of amides is 1. The van der Waals surface area contributed by atoms with Gasteiger partial charge in [-0.25, -0.2) is 5.43 Å². The molecule has 1 N–H and O–H groups in total. The van der Waals surface area contributed by atoms with Crippen molar-refractivity contribution in [3.63, 3.8) is 0 Å². The SMILES string of the molecule is O=C1CCC(c2nc(-c3ccc(Cl)cc3)no2)=NN1. The molecular formula is C12H9ClN4O2. The molecule has 0 unspecified atom stereocenters. The molecule has 1 aromatic carbocycles. The molecule has 1 aliphatic rings. The summed E-state index contributed by atoms with van der Waals surface area (Å²) < 4.78 is 5.15. The molecular weight excluding hydrogens is 268 g/mol. The minimum absolute atomic E-state index is 0.110. The molecule has 3 rings (SSSR count). The molecule has 0 radical (unpaired) electrons. The Labute approximate surface area is 113 Å². The molecule has 96 valence electrons. The quantitative estimate of drug-likeness (QED) is 0.910. The van der Waals surface area contributed by atoms with Crippen LogP contribution < -0.4 is 5.43 Å². The molecule has 0 aliphatic carbocycles. The van der Waals surface area contributed by atoms with E-state index in [0.717, 1.165) is 5.56 Å². The lowest BCUT2D eigenvalue weighted by Gasteiger charge is -2.07. The largest absolute Gasteiger partial charge is 0.332 e. The first kappa shape index (κ1) is 11.9. The van der Waals surface area contributed by atoms with Gasteiger partial charge in [-0.2, -0.15) is 10.1 Å². The number of halogens is 1. The Hall–Kier alpha value is -2.21. The van der Waals surface area contributed by atoms with Crippen LogP contribution in [-0.4, -0.2) is 21.8 Å². The fourth-order valence-electron chi connectivity index (χ4n) is 1.69. The van der Waals surface area contributed by atoms with Crippen LogP contribution in [0.2, 0.25) is 5.02 Å². The molecule has 6 nitrogen and oxygen atoms in total. The van der Waals surface area contributed by atoms with Crippen molar-refractivity contribution in [2.75, 3.05) is 0 Å². The summed E-state index contributed by atoms with van der Waals surface area (Å²) in [4.78, 5) is 15.3. The van der Waals surface area contributed by atoms with Crippen LogP contribution in [-0.2, 0) is 4.79 Å². The topological polar surface area (TPSA) is 80.4 Å². The second kappa shape index (κ2) is 4.81. The van der Waals surface area contributed by atoms with Crippen molar-refractivity contribution in [2.24, 2.45) is 5.10 Å². The van der Waals surface area contributed by atoms with Crippen LogP contribution in [0, 0.1) is 0 Å². The molecule has 0 spiro atoms.